The first-order valence-electron chi connectivity index (χ1n) is 6.86. The van der Waals surface area contributed by atoms with Crippen LogP contribution < -0.4 is 0 Å². The Hall–Kier alpha value is -1.99. The van der Waals surface area contributed by atoms with E-state index < -0.39 is 26.2 Å². The van der Waals surface area contributed by atoms with Crippen molar-refractivity contribution in [3.63, 3.8) is 0 Å². The Labute approximate surface area is 139 Å². The minimum Gasteiger partial charge on any atom is -0.293 e. The second-order valence-corrected chi connectivity index (χ2v) is 7.82. The van der Waals surface area contributed by atoms with Crippen LogP contribution in [0.25, 0.3) is 0 Å². The molecular weight excluding hydrogens is 334 g/mol. The van der Waals surface area contributed by atoms with E-state index in [1.54, 1.807) is 30.3 Å². The molecule has 3 atom stereocenters. The van der Waals surface area contributed by atoms with Crippen LogP contribution in [0.2, 0.25) is 0 Å². The van der Waals surface area contributed by atoms with E-state index >= 15 is 0 Å². The molecule has 0 bridgehead atoms. The molecule has 0 spiro atoms. The van der Waals surface area contributed by atoms with E-state index in [1.807, 2.05) is 12.1 Å². The van der Waals surface area contributed by atoms with Gasteiger partial charge in [-0.15, -0.1) is 11.8 Å². The largest absolute Gasteiger partial charge is 0.293 e. The van der Waals surface area contributed by atoms with Crippen LogP contribution in [0.3, 0.4) is 0 Å². The van der Waals surface area contributed by atoms with Crippen LogP contribution in [0.4, 0.5) is 5.69 Å². The molecule has 1 aliphatic heterocycles. The number of nitro groups is 1. The van der Waals surface area contributed by atoms with Gasteiger partial charge in [0.05, 0.1) is 10.2 Å². The fraction of sp³-hybridized carbons (Fsp3) is 0.188. The molecule has 118 valence electrons. The molecule has 1 heterocycles. The fourth-order valence-corrected chi connectivity index (χ4v) is 5.57. The molecule has 7 heteroatoms. The van der Waals surface area contributed by atoms with Crippen molar-refractivity contribution in [2.75, 3.05) is 6.26 Å². The van der Waals surface area contributed by atoms with Crippen molar-refractivity contribution in [3.05, 3.63) is 69.8 Å². The standard InChI is InChI=1S/C16H13NO4S2/c1-23(21)16-14(18)11-7-3-5-9-13(11)22-15(16)10-6-2-4-8-12(10)17(19)20/h2-9,15-16H,1H3. The highest BCUT2D eigenvalue weighted by molar-refractivity contribution is 8.01. The minimum absolute atomic E-state index is 0.0485. The molecule has 0 saturated carbocycles. The number of thioether (sulfide) groups is 1. The Kier molecular flexibility index (Phi) is 4.32. The molecule has 2 aromatic rings. The molecule has 0 N–H and O–H groups in total. The Morgan fingerprint density at radius 2 is 1.78 bits per heavy atom. The van der Waals surface area contributed by atoms with Gasteiger partial charge in [0, 0.05) is 39.1 Å². The summed E-state index contributed by atoms with van der Waals surface area (Å²) in [5, 5.41) is 9.97. The molecule has 0 aromatic heterocycles. The Morgan fingerprint density at radius 3 is 2.48 bits per heavy atom. The van der Waals surface area contributed by atoms with Gasteiger partial charge >= 0.3 is 0 Å². The zero-order valence-electron chi connectivity index (χ0n) is 12.2. The maximum absolute atomic E-state index is 12.7. The average Bonchev–Trinajstić information content (AvgIpc) is 2.54. The number of hydrogen-bond donors (Lipinski definition) is 0. The third-order valence-corrected chi connectivity index (χ3v) is 6.50. The van der Waals surface area contributed by atoms with Crippen LogP contribution in [0.15, 0.2) is 53.4 Å². The van der Waals surface area contributed by atoms with Crippen LogP contribution in [-0.4, -0.2) is 26.4 Å². The highest BCUT2D eigenvalue weighted by Crippen LogP contribution is 2.48. The topological polar surface area (TPSA) is 77.3 Å². The fourth-order valence-electron chi connectivity index (χ4n) is 2.71. The Balaban J connectivity index is 2.17. The summed E-state index contributed by atoms with van der Waals surface area (Å²) in [4.78, 5) is 24.4. The molecule has 23 heavy (non-hydrogen) atoms. The number of nitro benzene ring substituents is 1. The van der Waals surface area contributed by atoms with Crippen LogP contribution in [0, 0.1) is 10.1 Å². The van der Waals surface area contributed by atoms with Gasteiger partial charge in [0.25, 0.3) is 5.69 Å². The molecule has 0 radical (unpaired) electrons. The molecule has 3 unspecified atom stereocenters. The molecule has 1 aliphatic rings. The Bertz CT molecular complexity index is 821. The van der Waals surface area contributed by atoms with Gasteiger partial charge in [-0.1, -0.05) is 36.4 Å². The van der Waals surface area contributed by atoms with Crippen molar-refractivity contribution in [1.82, 2.24) is 0 Å². The first-order chi connectivity index (χ1) is 11.0. The highest BCUT2D eigenvalue weighted by Gasteiger charge is 2.41. The predicted octanol–water partition coefficient (Wildman–Crippen LogP) is 3.37. The summed E-state index contributed by atoms with van der Waals surface area (Å²) < 4.78 is 12.2. The number of benzene rings is 2. The number of hydrogen-bond acceptors (Lipinski definition) is 5. The van der Waals surface area contributed by atoms with E-state index in [1.165, 1.54) is 24.1 Å². The van der Waals surface area contributed by atoms with Gasteiger partial charge in [-0.3, -0.25) is 19.1 Å². The average molecular weight is 347 g/mol. The first kappa shape index (κ1) is 15.9. The lowest BCUT2D eigenvalue weighted by Crippen LogP contribution is -2.34. The SMILES string of the molecule is CS(=O)C1C(=O)c2ccccc2SC1c1ccccc1[N+](=O)[O-]. The molecule has 0 saturated heterocycles. The molecule has 0 aliphatic carbocycles. The van der Waals surface area contributed by atoms with Gasteiger partial charge in [0.15, 0.2) is 5.78 Å². The van der Waals surface area contributed by atoms with Crippen molar-refractivity contribution in [2.45, 2.75) is 15.4 Å². The monoisotopic (exact) mass is 347 g/mol. The van der Waals surface area contributed by atoms with Gasteiger partial charge in [-0.2, -0.15) is 0 Å². The number of fused-ring (bicyclic) bond motifs is 1. The minimum atomic E-state index is -1.43. The van der Waals surface area contributed by atoms with E-state index in [4.69, 9.17) is 0 Å². The second kappa shape index (κ2) is 6.25. The highest BCUT2D eigenvalue weighted by atomic mass is 32.2. The summed E-state index contributed by atoms with van der Waals surface area (Å²) in [6, 6.07) is 13.4. The van der Waals surface area contributed by atoms with Crippen LogP contribution in [-0.2, 0) is 10.8 Å². The summed E-state index contributed by atoms with van der Waals surface area (Å²) in [6.45, 7) is 0. The van der Waals surface area contributed by atoms with Crippen LogP contribution in [0.5, 0.6) is 0 Å². The van der Waals surface area contributed by atoms with E-state index in [9.17, 15) is 19.1 Å². The van der Waals surface area contributed by atoms with Crippen molar-refractivity contribution in [3.8, 4) is 0 Å². The van der Waals surface area contributed by atoms with Crippen molar-refractivity contribution >= 4 is 34.0 Å². The van der Waals surface area contributed by atoms with Gasteiger partial charge in [-0.25, -0.2) is 0 Å². The number of nitrogens with zero attached hydrogens (tertiary/aromatic N) is 1. The summed E-state index contributed by atoms with van der Waals surface area (Å²) in [5.41, 5.74) is 0.922. The van der Waals surface area contributed by atoms with Gasteiger partial charge < -0.3 is 0 Å². The van der Waals surface area contributed by atoms with E-state index in [2.05, 4.69) is 0 Å². The first-order valence-corrected chi connectivity index (χ1v) is 9.36. The molecule has 0 amide bonds. The molecule has 0 fully saturated rings. The van der Waals surface area contributed by atoms with E-state index in [0.29, 0.717) is 11.1 Å². The van der Waals surface area contributed by atoms with Gasteiger partial charge in [0.2, 0.25) is 0 Å². The predicted molar refractivity (Wildman–Crippen MR) is 90.3 cm³/mol. The van der Waals surface area contributed by atoms with E-state index in [0.717, 1.165) is 4.90 Å². The summed E-state index contributed by atoms with van der Waals surface area (Å²) >= 11 is 1.36. The number of carbonyl (C=O) groups is 1. The molecule has 2 aromatic carbocycles. The third kappa shape index (κ3) is 2.82. The number of ketones is 1. The van der Waals surface area contributed by atoms with Crippen LogP contribution >= 0.6 is 11.8 Å². The third-order valence-electron chi connectivity index (χ3n) is 3.74. The summed E-state index contributed by atoms with van der Waals surface area (Å²) in [5.74, 6) is -0.219. The van der Waals surface area contributed by atoms with E-state index in [-0.39, 0.29) is 11.5 Å². The molecule has 3 rings (SSSR count). The molecular formula is C16H13NO4S2. The van der Waals surface area contributed by atoms with Crippen molar-refractivity contribution in [1.29, 1.82) is 0 Å². The molecule has 5 nitrogen and oxygen atoms in total. The van der Waals surface area contributed by atoms with Crippen LogP contribution in [0.1, 0.15) is 21.2 Å². The maximum Gasteiger partial charge on any atom is 0.273 e. The zero-order chi connectivity index (χ0) is 16.6. The maximum atomic E-state index is 12.7. The quantitative estimate of drug-likeness (QED) is 0.628. The zero-order valence-corrected chi connectivity index (χ0v) is 13.8. The number of carbonyl (C=O) groups excluding carboxylic acids is 1. The van der Waals surface area contributed by atoms with Crippen molar-refractivity contribution < 1.29 is 13.9 Å². The number of para-hydroxylation sites is 1. The normalized spacial score (nSPS) is 21.5. The second-order valence-electron chi connectivity index (χ2n) is 5.13. The van der Waals surface area contributed by atoms with Gasteiger partial charge in [0.1, 0.15) is 5.25 Å². The number of rotatable bonds is 3. The summed E-state index contributed by atoms with van der Waals surface area (Å²) in [6.07, 6.45) is 1.47. The smallest absolute Gasteiger partial charge is 0.273 e. The lowest BCUT2D eigenvalue weighted by Gasteiger charge is -2.29. The van der Waals surface area contributed by atoms with Gasteiger partial charge in [-0.05, 0) is 6.07 Å². The summed E-state index contributed by atoms with van der Waals surface area (Å²) in [7, 11) is -1.43. The van der Waals surface area contributed by atoms with Crippen molar-refractivity contribution in [2.24, 2.45) is 0 Å². The lowest BCUT2D eigenvalue weighted by atomic mass is 9.99. The lowest BCUT2D eigenvalue weighted by molar-refractivity contribution is -0.385. The number of Topliss-reactive ketones (excluding diaryl/α,β-unsaturated/α-hetero) is 1. The Morgan fingerprint density at radius 1 is 1.13 bits per heavy atom.